The molecule has 2 fully saturated rings. The number of carbonyl (C=O) groups is 10. The summed E-state index contributed by atoms with van der Waals surface area (Å²) in [6.45, 7) is 25.4. The van der Waals surface area contributed by atoms with Gasteiger partial charge in [-0.1, -0.05) is 99.3 Å². The van der Waals surface area contributed by atoms with Crippen molar-refractivity contribution in [3.05, 3.63) is 29.8 Å². The number of amides is 7. The van der Waals surface area contributed by atoms with Crippen molar-refractivity contribution in [3.8, 4) is 5.75 Å². The van der Waals surface area contributed by atoms with Crippen LogP contribution in [0.5, 0.6) is 5.75 Å². The van der Waals surface area contributed by atoms with Crippen LogP contribution in [0.25, 0.3) is 0 Å². The number of unbranched alkanes of at least 4 members (excludes halogenated alkanes) is 1. The summed E-state index contributed by atoms with van der Waals surface area (Å²) in [5, 5.41) is 14.5. The number of carbonyl (C=O) groups excluding carboxylic acids is 10. The Morgan fingerprint density at radius 3 is 1.84 bits per heavy atom. The van der Waals surface area contributed by atoms with Gasteiger partial charge in [0.05, 0.1) is 51.8 Å². The van der Waals surface area contributed by atoms with Gasteiger partial charge < -0.3 is 64.8 Å². The predicted molar refractivity (Wildman–Crippen MR) is 305 cm³/mol. The highest BCUT2D eigenvalue weighted by molar-refractivity contribution is 6.03. The van der Waals surface area contributed by atoms with E-state index < -0.39 is 66.3 Å². The topological polar surface area (TPSA) is 291 Å². The number of primary amides is 1. The van der Waals surface area contributed by atoms with Gasteiger partial charge in [0.1, 0.15) is 30.2 Å². The minimum atomic E-state index is -1.01. The first kappa shape index (κ1) is 79.5. The fourth-order valence-electron chi connectivity index (χ4n) is 6.22. The highest BCUT2D eigenvalue weighted by Crippen LogP contribution is 2.21. The summed E-state index contributed by atoms with van der Waals surface area (Å²) in [5.74, 6) is -2.24. The lowest BCUT2D eigenvalue weighted by atomic mass is 10.1. The van der Waals surface area contributed by atoms with Crippen LogP contribution >= 0.6 is 0 Å². The first-order valence-corrected chi connectivity index (χ1v) is 27.4. The SMILES string of the molecule is CC(C)C.CC(C)C.CCC.CCCCC(O)CC(=O)OCC(=O)C(C)C(=O)NCC(=O)N1CCCC1.CN(C=O)CC=O.COCC(NC(=O)CN(C)C(=O)C1CCCN1C(=O)C(C)OC)C(N)=O.COc1ccc(C)cc1. The molecule has 0 aromatic heterocycles. The molecule has 2 aliphatic heterocycles. The van der Waals surface area contributed by atoms with E-state index in [0.717, 1.165) is 43.3 Å². The van der Waals surface area contributed by atoms with Crippen LogP contribution in [0.1, 0.15) is 140 Å². The minimum Gasteiger partial charge on any atom is -0.497 e. The summed E-state index contributed by atoms with van der Waals surface area (Å²) in [5.41, 5.74) is 6.44. The Morgan fingerprint density at radius 2 is 1.39 bits per heavy atom. The zero-order valence-corrected chi connectivity index (χ0v) is 51.1. The van der Waals surface area contributed by atoms with Crippen molar-refractivity contribution >= 4 is 59.9 Å². The van der Waals surface area contributed by atoms with Crippen LogP contribution in [0.4, 0.5) is 0 Å². The number of hydrogen-bond donors (Lipinski definition) is 4. The summed E-state index contributed by atoms with van der Waals surface area (Å²) in [6, 6.07) is 6.37. The van der Waals surface area contributed by atoms with Gasteiger partial charge in [-0.25, -0.2) is 0 Å². The lowest BCUT2D eigenvalue weighted by Gasteiger charge is -2.29. The number of ether oxygens (including phenoxy) is 4. The third-order valence-electron chi connectivity index (χ3n) is 10.5. The molecule has 22 nitrogen and oxygen atoms in total. The molecule has 3 rings (SSSR count). The number of methoxy groups -OCH3 is 3. The van der Waals surface area contributed by atoms with Gasteiger partial charge in [0.2, 0.25) is 35.9 Å². The molecule has 2 aliphatic rings. The standard InChI is InChI=1S/C18H30N2O6.C16H28N4O6.C8H10O.C4H7NO2.2C4H10.C3H8/c1-3-4-7-14(21)10-17(24)26-12-15(22)13(2)18(25)19-11-16(23)20-8-5-6-9-20;1-10(26-4)15(23)20-7-5-6-12(20)16(24)19(2)8-13(21)18-11(9-25-3)14(17)22;1-7-3-5-8(9-2)6-4-7;1-5(4-7)2-3-6;2*1-4(2)3;1-3-2/h13-14,21H,3-12H2,1-2H3,(H,19,25);10-12H,5-9H2,1-4H3,(H2,17,22)(H,18,21);3-6H,1-2H3;3-4H,2H2,1H3;2*4H,1-3H3;3H2,1-2H3. The Labute approximate surface area is 472 Å². The molecule has 2 saturated heterocycles. The molecule has 0 bridgehead atoms. The molecule has 0 radical (unpaired) electrons. The van der Waals surface area contributed by atoms with Crippen LogP contribution in [-0.2, 0) is 62.2 Å². The molecule has 22 heteroatoms. The van der Waals surface area contributed by atoms with Crippen LogP contribution in [0.2, 0.25) is 0 Å². The Kier molecular flexibility index (Phi) is 49.4. The molecule has 2 heterocycles. The second-order valence-corrected chi connectivity index (χ2v) is 20.3. The number of likely N-dealkylation sites (tertiary alicyclic amines) is 2. The molecule has 0 aliphatic carbocycles. The molecule has 0 saturated carbocycles. The highest BCUT2D eigenvalue weighted by Gasteiger charge is 2.38. The van der Waals surface area contributed by atoms with E-state index in [1.165, 1.54) is 54.9 Å². The number of hydrogen-bond acceptors (Lipinski definition) is 15. The number of aryl methyl sites for hydroxylation is 1. The second kappa shape index (κ2) is 49.1. The molecule has 456 valence electrons. The van der Waals surface area contributed by atoms with E-state index in [1.807, 2.05) is 31.2 Å². The first-order chi connectivity index (χ1) is 37.1. The van der Waals surface area contributed by atoms with E-state index in [-0.39, 0.29) is 50.4 Å². The van der Waals surface area contributed by atoms with Crippen molar-refractivity contribution < 1.29 is 72.0 Å². The summed E-state index contributed by atoms with van der Waals surface area (Å²) in [6.07, 6.45) is 6.33. The summed E-state index contributed by atoms with van der Waals surface area (Å²) >= 11 is 0. The van der Waals surface area contributed by atoms with Crippen molar-refractivity contribution in [1.82, 2.24) is 30.2 Å². The number of likely N-dealkylation sites (N-methyl/N-ethyl adjacent to an activating group) is 2. The maximum Gasteiger partial charge on any atom is 0.308 e. The lowest BCUT2D eigenvalue weighted by Crippen LogP contribution is -2.53. The number of aliphatic hydroxyl groups excluding tert-OH is 1. The third-order valence-corrected chi connectivity index (χ3v) is 10.5. The molecule has 1 aromatic carbocycles. The predicted octanol–water partition coefficient (Wildman–Crippen LogP) is 4.52. The number of nitrogens with two attached hydrogens (primary N) is 1. The molecular formula is C57H103N7O15. The normalized spacial score (nSPS) is 14.4. The summed E-state index contributed by atoms with van der Waals surface area (Å²) in [4.78, 5) is 121. The Bertz CT molecular complexity index is 1850. The van der Waals surface area contributed by atoms with Gasteiger partial charge in [0.25, 0.3) is 5.91 Å². The highest BCUT2D eigenvalue weighted by atomic mass is 16.5. The zero-order chi connectivity index (χ0) is 61.6. The van der Waals surface area contributed by atoms with Crippen molar-refractivity contribution in [1.29, 1.82) is 0 Å². The smallest absolute Gasteiger partial charge is 0.308 e. The number of nitrogens with one attached hydrogen (secondary N) is 2. The van der Waals surface area contributed by atoms with Crippen LogP contribution < -0.4 is 21.1 Å². The van der Waals surface area contributed by atoms with Crippen molar-refractivity contribution in [2.45, 2.75) is 165 Å². The fraction of sp³-hybridized carbons (Fsp3) is 0.719. The Morgan fingerprint density at radius 1 is 0.848 bits per heavy atom. The maximum atomic E-state index is 12.6. The number of ketones is 1. The number of esters is 1. The number of Topliss-reactive ketones (excluding diaryl/α,β-unsaturated/α-hetero) is 1. The summed E-state index contributed by atoms with van der Waals surface area (Å²) < 4.78 is 19.7. The monoisotopic (exact) mass is 1130 g/mol. The molecule has 5 N–H and O–H groups in total. The number of rotatable bonds is 24. The van der Waals surface area contributed by atoms with Gasteiger partial charge in [-0.05, 0) is 76.8 Å². The van der Waals surface area contributed by atoms with Gasteiger partial charge in [-0.2, -0.15) is 0 Å². The Balaban J connectivity index is -0.000000487. The quantitative estimate of drug-likeness (QED) is 0.0629. The van der Waals surface area contributed by atoms with Crippen LogP contribution in [0.15, 0.2) is 24.3 Å². The van der Waals surface area contributed by atoms with Gasteiger partial charge >= 0.3 is 5.97 Å². The number of aldehydes is 1. The van der Waals surface area contributed by atoms with Gasteiger partial charge in [0, 0.05) is 47.9 Å². The molecule has 5 unspecified atom stereocenters. The van der Waals surface area contributed by atoms with Crippen LogP contribution in [0, 0.1) is 24.7 Å². The third kappa shape index (κ3) is 42.6. The van der Waals surface area contributed by atoms with E-state index >= 15 is 0 Å². The molecule has 5 atom stereocenters. The average Bonchev–Trinajstić information content (AvgIpc) is 4.13. The fourth-order valence-corrected chi connectivity index (χ4v) is 6.22. The molecule has 1 aromatic rings. The second-order valence-electron chi connectivity index (χ2n) is 20.3. The number of benzene rings is 1. The lowest BCUT2D eigenvalue weighted by molar-refractivity contribution is -0.152. The van der Waals surface area contributed by atoms with Gasteiger partial charge in [-0.15, -0.1) is 0 Å². The largest absolute Gasteiger partial charge is 0.497 e. The van der Waals surface area contributed by atoms with Crippen molar-refractivity contribution in [2.75, 3.05) is 87.9 Å². The maximum absolute atomic E-state index is 12.6. The van der Waals surface area contributed by atoms with Crippen molar-refractivity contribution in [3.63, 3.8) is 0 Å². The first-order valence-electron chi connectivity index (χ1n) is 27.4. The number of aliphatic hydroxyl groups is 1. The summed E-state index contributed by atoms with van der Waals surface area (Å²) in [7, 11) is 7.50. The Hall–Kier alpha value is -6.00. The van der Waals surface area contributed by atoms with E-state index in [0.29, 0.717) is 51.6 Å². The molecule has 79 heavy (non-hydrogen) atoms. The number of nitrogens with zero attached hydrogens (tertiary/aromatic N) is 4. The van der Waals surface area contributed by atoms with E-state index in [9.17, 15) is 53.1 Å². The van der Waals surface area contributed by atoms with Gasteiger partial charge in [0.15, 0.2) is 12.4 Å². The van der Waals surface area contributed by atoms with Crippen LogP contribution in [-0.4, -0.2) is 197 Å². The average molecular weight is 1130 g/mol. The van der Waals surface area contributed by atoms with E-state index in [4.69, 9.17) is 24.7 Å². The molecular weight excluding hydrogens is 1020 g/mol. The van der Waals surface area contributed by atoms with Crippen molar-refractivity contribution in [2.24, 2.45) is 23.5 Å². The zero-order valence-electron chi connectivity index (χ0n) is 51.1. The van der Waals surface area contributed by atoms with E-state index in [2.05, 4.69) is 72.9 Å². The van der Waals surface area contributed by atoms with Gasteiger partial charge in [-0.3, -0.25) is 43.2 Å². The van der Waals surface area contributed by atoms with Crippen LogP contribution in [0.3, 0.4) is 0 Å². The molecule has 7 amide bonds. The minimum absolute atomic E-state index is 0.0570. The molecule has 0 spiro atoms. The van der Waals surface area contributed by atoms with E-state index in [1.54, 1.807) is 26.0 Å².